The van der Waals surface area contributed by atoms with Crippen LogP contribution in [0.1, 0.15) is 5.56 Å². The minimum atomic E-state index is -4.37. The number of halogens is 4. The van der Waals surface area contributed by atoms with E-state index >= 15 is 0 Å². The van der Waals surface area contributed by atoms with E-state index in [0.717, 1.165) is 31.9 Å². The summed E-state index contributed by atoms with van der Waals surface area (Å²) >= 11 is 0. The fraction of sp³-hybridized carbons (Fsp3) is 0.389. The molecule has 0 unspecified atom stereocenters. The van der Waals surface area contributed by atoms with Gasteiger partial charge in [0, 0.05) is 38.9 Å². The summed E-state index contributed by atoms with van der Waals surface area (Å²) in [5.74, 6) is 0.879. The van der Waals surface area contributed by atoms with Gasteiger partial charge < -0.3 is 9.64 Å². The first-order chi connectivity index (χ1) is 12.4. The average Bonchev–Trinajstić information content (AvgIpc) is 2.63. The van der Waals surface area contributed by atoms with Crippen LogP contribution < -0.4 is 9.64 Å². The van der Waals surface area contributed by atoms with E-state index in [4.69, 9.17) is 4.74 Å². The quantitative estimate of drug-likeness (QED) is 0.755. The topological polar surface area (TPSA) is 28.6 Å². The number of rotatable bonds is 5. The Bertz CT molecular complexity index is 696. The largest absolute Gasteiger partial charge is 0.492 e. The lowest BCUT2D eigenvalue weighted by Gasteiger charge is -2.35. The van der Waals surface area contributed by atoms with Crippen molar-refractivity contribution < 1.29 is 22.3 Å². The number of alkyl halides is 3. The summed E-state index contributed by atoms with van der Waals surface area (Å²) in [5.41, 5.74) is -0.738. The average molecular weight is 369 g/mol. The number of hydrogen-bond acceptors (Lipinski definition) is 4. The van der Waals surface area contributed by atoms with Crippen LogP contribution in [0, 0.1) is 5.82 Å². The zero-order valence-electron chi connectivity index (χ0n) is 14.0. The molecule has 0 N–H and O–H groups in total. The predicted octanol–water partition coefficient (Wildman–Crippen LogP) is 3.44. The second-order valence-corrected chi connectivity index (χ2v) is 6.03. The smallest absolute Gasteiger partial charge is 0.417 e. The summed E-state index contributed by atoms with van der Waals surface area (Å²) in [6.45, 7) is 4.14. The Labute approximate surface area is 149 Å². The predicted molar refractivity (Wildman–Crippen MR) is 89.8 cm³/mol. The van der Waals surface area contributed by atoms with Gasteiger partial charge in [0.2, 0.25) is 0 Å². The SMILES string of the molecule is Fc1ccc(OCCN2CCN(c3ccc(C(F)(F)F)cn3)CC2)cc1. The van der Waals surface area contributed by atoms with Crippen LogP contribution in [0.5, 0.6) is 5.75 Å². The Morgan fingerprint density at radius 1 is 0.962 bits per heavy atom. The third kappa shape index (κ3) is 4.85. The summed E-state index contributed by atoms with van der Waals surface area (Å²) in [5, 5.41) is 0. The van der Waals surface area contributed by atoms with Crippen LogP contribution in [-0.4, -0.2) is 49.2 Å². The van der Waals surface area contributed by atoms with Crippen molar-refractivity contribution in [1.29, 1.82) is 0 Å². The van der Waals surface area contributed by atoms with Gasteiger partial charge in [-0.3, -0.25) is 4.90 Å². The molecule has 2 heterocycles. The number of nitrogens with zero attached hydrogens (tertiary/aromatic N) is 3. The molecule has 1 fully saturated rings. The molecule has 0 spiro atoms. The highest BCUT2D eigenvalue weighted by Gasteiger charge is 2.31. The van der Waals surface area contributed by atoms with Crippen molar-refractivity contribution in [3.8, 4) is 5.75 Å². The van der Waals surface area contributed by atoms with Gasteiger partial charge in [-0.15, -0.1) is 0 Å². The van der Waals surface area contributed by atoms with Crippen LogP contribution >= 0.6 is 0 Å². The number of anilines is 1. The van der Waals surface area contributed by atoms with Gasteiger partial charge in [-0.25, -0.2) is 9.37 Å². The first kappa shape index (κ1) is 18.4. The van der Waals surface area contributed by atoms with E-state index in [0.29, 0.717) is 31.3 Å². The third-order valence-corrected chi connectivity index (χ3v) is 4.26. The molecule has 140 valence electrons. The lowest BCUT2D eigenvalue weighted by atomic mass is 10.2. The number of aromatic nitrogens is 1. The molecule has 26 heavy (non-hydrogen) atoms. The van der Waals surface area contributed by atoms with E-state index in [1.54, 1.807) is 12.1 Å². The van der Waals surface area contributed by atoms with Crippen LogP contribution in [0.3, 0.4) is 0 Å². The van der Waals surface area contributed by atoms with Crippen molar-refractivity contribution >= 4 is 5.82 Å². The minimum absolute atomic E-state index is 0.301. The van der Waals surface area contributed by atoms with Crippen molar-refractivity contribution in [3.63, 3.8) is 0 Å². The Kier molecular flexibility index (Phi) is 5.61. The molecule has 2 aromatic rings. The van der Waals surface area contributed by atoms with E-state index in [-0.39, 0.29) is 5.82 Å². The maximum atomic E-state index is 12.8. The molecular weight excluding hydrogens is 350 g/mol. The van der Waals surface area contributed by atoms with Crippen molar-refractivity contribution in [2.75, 3.05) is 44.2 Å². The summed E-state index contributed by atoms with van der Waals surface area (Å²) in [6.07, 6.45) is -3.49. The van der Waals surface area contributed by atoms with Crippen molar-refractivity contribution in [2.45, 2.75) is 6.18 Å². The zero-order valence-corrected chi connectivity index (χ0v) is 14.0. The van der Waals surface area contributed by atoms with Gasteiger partial charge in [-0.05, 0) is 36.4 Å². The molecule has 0 amide bonds. The number of piperazine rings is 1. The van der Waals surface area contributed by atoms with E-state index in [1.807, 2.05) is 4.90 Å². The summed E-state index contributed by atoms with van der Waals surface area (Å²) < 4.78 is 56.2. The maximum absolute atomic E-state index is 12.8. The number of benzene rings is 1. The van der Waals surface area contributed by atoms with Crippen LogP contribution in [0.2, 0.25) is 0 Å². The van der Waals surface area contributed by atoms with Crippen LogP contribution in [0.4, 0.5) is 23.4 Å². The van der Waals surface area contributed by atoms with Crippen molar-refractivity contribution in [2.24, 2.45) is 0 Å². The van der Waals surface area contributed by atoms with E-state index in [1.165, 1.54) is 18.2 Å². The Hall–Kier alpha value is -2.35. The highest BCUT2D eigenvalue weighted by molar-refractivity contribution is 5.40. The Balaban J connectivity index is 1.43. The second-order valence-electron chi connectivity index (χ2n) is 6.03. The summed E-state index contributed by atoms with van der Waals surface area (Å²) in [7, 11) is 0. The van der Waals surface area contributed by atoms with Crippen LogP contribution in [-0.2, 0) is 6.18 Å². The molecule has 0 saturated carbocycles. The summed E-state index contributed by atoms with van der Waals surface area (Å²) in [6, 6.07) is 8.35. The lowest BCUT2D eigenvalue weighted by molar-refractivity contribution is -0.137. The summed E-state index contributed by atoms with van der Waals surface area (Å²) in [4.78, 5) is 8.12. The van der Waals surface area contributed by atoms with Gasteiger partial charge in [0.1, 0.15) is 24.0 Å². The first-order valence-electron chi connectivity index (χ1n) is 8.31. The van der Waals surface area contributed by atoms with Gasteiger partial charge in [0.15, 0.2) is 0 Å². The van der Waals surface area contributed by atoms with Gasteiger partial charge in [0.25, 0.3) is 0 Å². The number of hydrogen-bond donors (Lipinski definition) is 0. The van der Waals surface area contributed by atoms with Crippen molar-refractivity contribution in [3.05, 3.63) is 54.0 Å². The van der Waals surface area contributed by atoms with Gasteiger partial charge in [-0.1, -0.05) is 0 Å². The van der Waals surface area contributed by atoms with Gasteiger partial charge in [-0.2, -0.15) is 13.2 Å². The third-order valence-electron chi connectivity index (χ3n) is 4.26. The molecule has 0 radical (unpaired) electrons. The van der Waals surface area contributed by atoms with E-state index in [2.05, 4.69) is 9.88 Å². The molecule has 4 nitrogen and oxygen atoms in total. The standard InChI is InChI=1S/C18H19F4N3O/c19-15-2-4-16(5-3-15)26-12-11-24-7-9-25(10-8-24)17-6-1-14(13-23-17)18(20,21)22/h1-6,13H,7-12H2. The molecule has 8 heteroatoms. The molecule has 0 bridgehead atoms. The number of ether oxygens (including phenoxy) is 1. The zero-order chi connectivity index (χ0) is 18.6. The Morgan fingerprint density at radius 2 is 1.65 bits per heavy atom. The monoisotopic (exact) mass is 369 g/mol. The number of pyridine rings is 1. The first-order valence-corrected chi connectivity index (χ1v) is 8.31. The fourth-order valence-electron chi connectivity index (χ4n) is 2.76. The van der Waals surface area contributed by atoms with E-state index in [9.17, 15) is 17.6 Å². The lowest BCUT2D eigenvalue weighted by Crippen LogP contribution is -2.47. The normalized spacial score (nSPS) is 15.9. The molecule has 1 aliphatic rings. The van der Waals surface area contributed by atoms with Crippen molar-refractivity contribution in [1.82, 2.24) is 9.88 Å². The molecule has 1 aliphatic heterocycles. The molecule has 0 aliphatic carbocycles. The molecule has 3 rings (SSSR count). The van der Waals surface area contributed by atoms with Gasteiger partial charge >= 0.3 is 6.18 Å². The fourth-order valence-corrected chi connectivity index (χ4v) is 2.76. The molecule has 0 atom stereocenters. The van der Waals surface area contributed by atoms with Gasteiger partial charge in [0.05, 0.1) is 5.56 Å². The minimum Gasteiger partial charge on any atom is -0.492 e. The molecule has 1 saturated heterocycles. The Morgan fingerprint density at radius 3 is 2.23 bits per heavy atom. The van der Waals surface area contributed by atoms with Crippen LogP contribution in [0.25, 0.3) is 0 Å². The van der Waals surface area contributed by atoms with Crippen LogP contribution in [0.15, 0.2) is 42.6 Å². The van der Waals surface area contributed by atoms with E-state index < -0.39 is 11.7 Å². The molecular formula is C18H19F4N3O. The maximum Gasteiger partial charge on any atom is 0.417 e. The highest BCUT2D eigenvalue weighted by Crippen LogP contribution is 2.29. The second kappa shape index (κ2) is 7.90. The molecule has 1 aromatic heterocycles. The molecule has 1 aromatic carbocycles. The highest BCUT2D eigenvalue weighted by atomic mass is 19.4.